The Balaban J connectivity index is 1.37. The average molecular weight is 437 g/mol. The van der Waals surface area contributed by atoms with E-state index in [0.29, 0.717) is 19.0 Å². The predicted molar refractivity (Wildman–Crippen MR) is 121 cm³/mol. The summed E-state index contributed by atoms with van der Waals surface area (Å²) in [5.74, 6) is 2.08. The lowest BCUT2D eigenvalue weighted by Crippen LogP contribution is -2.38. The molecule has 1 fully saturated rings. The second-order valence-corrected chi connectivity index (χ2v) is 8.26. The zero-order valence-electron chi connectivity index (χ0n) is 18.1. The van der Waals surface area contributed by atoms with E-state index in [1.165, 1.54) is 6.39 Å². The molecule has 4 heterocycles. The van der Waals surface area contributed by atoms with E-state index in [1.807, 2.05) is 29.2 Å². The van der Waals surface area contributed by atoms with E-state index in [9.17, 15) is 5.11 Å². The maximum Gasteiger partial charge on any atom is 0.229 e. The van der Waals surface area contributed by atoms with Crippen LogP contribution in [0, 0.1) is 0 Å². The number of nitrogens with zero attached hydrogens (tertiary/aromatic N) is 4. The summed E-state index contributed by atoms with van der Waals surface area (Å²) in [6, 6.07) is 7.88. The minimum Gasteiger partial charge on any atom is -0.444 e. The molecule has 0 saturated carbocycles. The highest BCUT2D eigenvalue weighted by Crippen LogP contribution is 2.28. The van der Waals surface area contributed by atoms with E-state index in [-0.39, 0.29) is 6.10 Å². The van der Waals surface area contributed by atoms with Gasteiger partial charge >= 0.3 is 0 Å². The van der Waals surface area contributed by atoms with Gasteiger partial charge in [0.25, 0.3) is 0 Å². The largest absolute Gasteiger partial charge is 0.444 e. The molecule has 9 heteroatoms. The van der Waals surface area contributed by atoms with Crippen LogP contribution < -0.4 is 10.6 Å². The Hall–Kier alpha value is -3.01. The van der Waals surface area contributed by atoms with Crippen LogP contribution in [0.2, 0.25) is 0 Å². The Bertz CT molecular complexity index is 1030. The number of nitrogens with one attached hydrogen (secondary N) is 2. The summed E-state index contributed by atoms with van der Waals surface area (Å²) >= 11 is 0. The monoisotopic (exact) mass is 436 g/mol. The van der Waals surface area contributed by atoms with Crippen LogP contribution in [0.3, 0.4) is 0 Å². The Labute approximate surface area is 186 Å². The third-order valence-electron chi connectivity index (χ3n) is 6.00. The number of rotatable bonds is 7. The highest BCUT2D eigenvalue weighted by atomic mass is 16.5. The van der Waals surface area contributed by atoms with Gasteiger partial charge in [-0.05, 0) is 44.0 Å². The fourth-order valence-corrected chi connectivity index (χ4v) is 4.18. The van der Waals surface area contributed by atoms with Crippen molar-refractivity contribution in [1.29, 1.82) is 0 Å². The molecular formula is C23H28N6O3. The van der Waals surface area contributed by atoms with Gasteiger partial charge in [-0.1, -0.05) is 0 Å². The van der Waals surface area contributed by atoms with Crippen molar-refractivity contribution >= 4 is 17.5 Å². The highest BCUT2D eigenvalue weighted by Gasteiger charge is 2.25. The Kier molecular flexibility index (Phi) is 6.02. The van der Waals surface area contributed by atoms with Crippen LogP contribution in [0.25, 0.3) is 11.3 Å². The molecule has 32 heavy (non-hydrogen) atoms. The molecule has 1 aromatic carbocycles. The van der Waals surface area contributed by atoms with E-state index < -0.39 is 6.23 Å². The Morgan fingerprint density at radius 3 is 2.84 bits per heavy atom. The van der Waals surface area contributed by atoms with Gasteiger partial charge in [0, 0.05) is 49.5 Å². The smallest absolute Gasteiger partial charge is 0.229 e. The van der Waals surface area contributed by atoms with Gasteiger partial charge in [-0.2, -0.15) is 4.98 Å². The van der Waals surface area contributed by atoms with E-state index >= 15 is 0 Å². The van der Waals surface area contributed by atoms with E-state index in [1.54, 1.807) is 13.1 Å². The van der Waals surface area contributed by atoms with E-state index in [2.05, 4.69) is 15.6 Å². The Morgan fingerprint density at radius 2 is 2.12 bits per heavy atom. The van der Waals surface area contributed by atoms with Crippen LogP contribution in [-0.2, 0) is 17.7 Å². The van der Waals surface area contributed by atoms with Crippen molar-refractivity contribution in [3.63, 3.8) is 0 Å². The quantitative estimate of drug-likeness (QED) is 0.514. The standard InChI is InChI=1S/C23H28N6O3/c1-15(30)29-9-8-20-19(13-29)22(25-11-18-3-2-10-31-18)28-23(27-20)26-17-6-4-16(5-7-17)21-12-24-14-32-21/h4-7,12,14-15,18,30H,2-3,8-11,13H2,1H3,(H2,25,26,27,28)/t15-,18?/m1/s1. The first-order valence-electron chi connectivity index (χ1n) is 11.1. The molecule has 9 nitrogen and oxygen atoms in total. The fraction of sp³-hybridized carbons (Fsp3) is 0.435. The number of anilines is 3. The van der Waals surface area contributed by atoms with Crippen LogP contribution in [0.1, 0.15) is 31.0 Å². The first-order valence-corrected chi connectivity index (χ1v) is 11.1. The molecule has 1 saturated heterocycles. The summed E-state index contributed by atoms with van der Waals surface area (Å²) in [6.07, 6.45) is 5.73. The summed E-state index contributed by atoms with van der Waals surface area (Å²) in [4.78, 5) is 15.6. The van der Waals surface area contributed by atoms with Crippen LogP contribution in [0.15, 0.2) is 41.3 Å². The first-order chi connectivity index (χ1) is 15.7. The maximum atomic E-state index is 10.1. The molecule has 168 valence electrons. The van der Waals surface area contributed by atoms with Crippen LogP contribution >= 0.6 is 0 Å². The molecule has 3 aromatic rings. The van der Waals surface area contributed by atoms with Crippen molar-refractivity contribution in [2.24, 2.45) is 0 Å². The highest BCUT2D eigenvalue weighted by molar-refractivity contribution is 5.64. The molecular weight excluding hydrogens is 408 g/mol. The van der Waals surface area contributed by atoms with Crippen LogP contribution in [0.5, 0.6) is 0 Å². The first kappa shape index (κ1) is 20.9. The summed E-state index contributed by atoms with van der Waals surface area (Å²) in [5.41, 5.74) is 3.89. The molecule has 2 atom stereocenters. The molecule has 3 N–H and O–H groups in total. The van der Waals surface area contributed by atoms with Gasteiger partial charge in [0.05, 0.1) is 18.0 Å². The SMILES string of the molecule is C[C@@H](O)N1CCc2nc(Nc3ccc(-c4cnco4)cc3)nc(NCC3CCCO3)c2C1. The van der Waals surface area contributed by atoms with Gasteiger partial charge in [-0.15, -0.1) is 0 Å². The fourth-order valence-electron chi connectivity index (χ4n) is 4.18. The second-order valence-electron chi connectivity index (χ2n) is 8.26. The summed E-state index contributed by atoms with van der Waals surface area (Å²) in [6.45, 7) is 4.71. The lowest BCUT2D eigenvalue weighted by Gasteiger charge is -2.31. The second kappa shape index (κ2) is 9.23. The zero-order valence-corrected chi connectivity index (χ0v) is 18.1. The molecule has 2 aliphatic rings. The van der Waals surface area contributed by atoms with Gasteiger partial charge in [-0.3, -0.25) is 4.90 Å². The van der Waals surface area contributed by atoms with Crippen molar-refractivity contribution in [1.82, 2.24) is 19.9 Å². The predicted octanol–water partition coefficient (Wildman–Crippen LogP) is 3.16. The number of hydrogen-bond acceptors (Lipinski definition) is 9. The molecule has 0 bridgehead atoms. The third-order valence-corrected chi connectivity index (χ3v) is 6.00. The number of oxazole rings is 1. The van der Waals surface area contributed by atoms with Gasteiger partial charge in [0.2, 0.25) is 5.95 Å². The van der Waals surface area contributed by atoms with E-state index in [0.717, 1.165) is 66.5 Å². The van der Waals surface area contributed by atoms with Gasteiger partial charge in [-0.25, -0.2) is 9.97 Å². The number of aliphatic hydroxyl groups excluding tert-OH is 1. The molecule has 0 spiro atoms. The van der Waals surface area contributed by atoms with Crippen LogP contribution in [-0.4, -0.2) is 57.0 Å². The van der Waals surface area contributed by atoms with Crippen LogP contribution in [0.4, 0.5) is 17.5 Å². The minimum atomic E-state index is -0.505. The molecule has 5 rings (SSSR count). The molecule has 0 aliphatic carbocycles. The zero-order chi connectivity index (χ0) is 21.9. The lowest BCUT2D eigenvalue weighted by atomic mass is 10.1. The molecule has 2 aliphatic heterocycles. The number of aliphatic hydroxyl groups is 1. The summed E-state index contributed by atoms with van der Waals surface area (Å²) in [7, 11) is 0. The van der Waals surface area contributed by atoms with Crippen molar-refractivity contribution in [3.05, 3.63) is 48.1 Å². The van der Waals surface area contributed by atoms with Crippen molar-refractivity contribution in [2.45, 2.75) is 45.1 Å². The molecule has 2 aromatic heterocycles. The van der Waals surface area contributed by atoms with Gasteiger partial charge in [0.15, 0.2) is 12.2 Å². The van der Waals surface area contributed by atoms with E-state index in [4.69, 9.17) is 19.1 Å². The molecule has 0 radical (unpaired) electrons. The average Bonchev–Trinajstić information content (AvgIpc) is 3.52. The number of aromatic nitrogens is 3. The lowest BCUT2D eigenvalue weighted by molar-refractivity contribution is 0.00883. The number of ether oxygens (including phenoxy) is 1. The van der Waals surface area contributed by atoms with Gasteiger partial charge < -0.3 is 24.9 Å². The number of benzene rings is 1. The summed E-state index contributed by atoms with van der Waals surface area (Å²) < 4.78 is 11.1. The van der Waals surface area contributed by atoms with Crippen molar-refractivity contribution in [2.75, 3.05) is 30.3 Å². The van der Waals surface area contributed by atoms with Crippen molar-refractivity contribution < 1.29 is 14.3 Å². The number of hydrogen-bond donors (Lipinski definition) is 3. The minimum absolute atomic E-state index is 0.206. The Morgan fingerprint density at radius 1 is 1.25 bits per heavy atom. The normalized spacial score (nSPS) is 19.5. The third kappa shape index (κ3) is 4.59. The topological polar surface area (TPSA) is 109 Å². The van der Waals surface area contributed by atoms with Gasteiger partial charge in [0.1, 0.15) is 12.0 Å². The molecule has 0 amide bonds. The maximum absolute atomic E-state index is 10.1. The summed E-state index contributed by atoms with van der Waals surface area (Å²) in [5, 5.41) is 16.9. The number of fused-ring (bicyclic) bond motifs is 1. The molecule has 1 unspecified atom stereocenters. The van der Waals surface area contributed by atoms with Crippen molar-refractivity contribution in [3.8, 4) is 11.3 Å².